The molecule has 0 aromatic heterocycles. The number of sulfone groups is 1. The van der Waals surface area contributed by atoms with Gasteiger partial charge in [0.05, 0.1) is 9.64 Å². The maximum absolute atomic E-state index is 12.7. The van der Waals surface area contributed by atoms with Crippen LogP contribution in [0.3, 0.4) is 0 Å². The van der Waals surface area contributed by atoms with E-state index >= 15 is 0 Å². The average molecular weight is 406 g/mol. The van der Waals surface area contributed by atoms with Gasteiger partial charge in [0.15, 0.2) is 9.84 Å². The second-order valence-corrected chi connectivity index (χ2v) is 9.29. The third-order valence-electron chi connectivity index (χ3n) is 3.57. The molecular formula is C16H24BrNO4S. The Balaban J connectivity index is 2.85. The first-order chi connectivity index (χ1) is 10.7. The Bertz CT molecular complexity index is 626. The minimum atomic E-state index is -3.57. The van der Waals surface area contributed by atoms with Crippen molar-refractivity contribution in [2.24, 2.45) is 0 Å². The minimum absolute atomic E-state index is 0.0216. The van der Waals surface area contributed by atoms with E-state index in [0.29, 0.717) is 13.0 Å². The highest BCUT2D eigenvalue weighted by Gasteiger charge is 2.36. The van der Waals surface area contributed by atoms with Crippen LogP contribution in [-0.2, 0) is 19.4 Å². The van der Waals surface area contributed by atoms with Crippen LogP contribution >= 0.6 is 15.9 Å². The largest absolute Gasteiger partial charge is 0.369 e. The third-order valence-corrected chi connectivity index (χ3v) is 6.59. The molecule has 7 heteroatoms. The third kappa shape index (κ3) is 5.02. The van der Waals surface area contributed by atoms with E-state index in [-0.39, 0.29) is 17.3 Å². The Hall–Kier alpha value is -0.920. The lowest BCUT2D eigenvalue weighted by Gasteiger charge is -2.26. The van der Waals surface area contributed by atoms with Crippen LogP contribution in [0.1, 0.15) is 34.1 Å². The second kappa shape index (κ2) is 8.26. The zero-order chi connectivity index (χ0) is 17.7. The van der Waals surface area contributed by atoms with Crippen LogP contribution < -0.4 is 5.32 Å². The molecule has 0 saturated heterocycles. The van der Waals surface area contributed by atoms with E-state index in [9.17, 15) is 13.2 Å². The molecule has 0 bridgehead atoms. The SMILES string of the molecule is CCOC(CC)C(=O)NCC(C)(C)S(=O)(=O)c1ccc(Br)cc1. The zero-order valence-corrected chi connectivity index (χ0v) is 16.3. The minimum Gasteiger partial charge on any atom is -0.369 e. The molecule has 0 radical (unpaired) electrons. The molecule has 1 amide bonds. The fourth-order valence-corrected chi connectivity index (χ4v) is 3.68. The molecule has 1 atom stereocenters. The van der Waals surface area contributed by atoms with Gasteiger partial charge in [-0.25, -0.2) is 8.42 Å². The van der Waals surface area contributed by atoms with Crippen LogP contribution in [0.2, 0.25) is 0 Å². The van der Waals surface area contributed by atoms with E-state index in [1.165, 1.54) is 0 Å². The van der Waals surface area contributed by atoms with Crippen LogP contribution in [-0.4, -0.2) is 38.3 Å². The second-order valence-electron chi connectivity index (χ2n) is 5.79. The van der Waals surface area contributed by atoms with Crippen LogP contribution in [0.5, 0.6) is 0 Å². The Morgan fingerprint density at radius 3 is 2.30 bits per heavy atom. The van der Waals surface area contributed by atoms with E-state index in [0.717, 1.165) is 4.47 Å². The van der Waals surface area contributed by atoms with Crippen molar-refractivity contribution in [3.63, 3.8) is 0 Å². The number of carbonyl (C=O) groups is 1. The summed E-state index contributed by atoms with van der Waals surface area (Å²) in [6.45, 7) is 7.33. The van der Waals surface area contributed by atoms with Gasteiger partial charge in [0.2, 0.25) is 5.91 Å². The lowest BCUT2D eigenvalue weighted by atomic mass is 10.2. The fraction of sp³-hybridized carbons (Fsp3) is 0.562. The van der Waals surface area contributed by atoms with Crippen LogP contribution in [0.25, 0.3) is 0 Å². The van der Waals surface area contributed by atoms with E-state index < -0.39 is 20.7 Å². The van der Waals surface area contributed by atoms with Crippen molar-refractivity contribution < 1.29 is 17.9 Å². The monoisotopic (exact) mass is 405 g/mol. The molecule has 1 aromatic carbocycles. The molecule has 0 aliphatic rings. The first kappa shape index (κ1) is 20.1. The van der Waals surface area contributed by atoms with E-state index in [1.54, 1.807) is 38.1 Å². The summed E-state index contributed by atoms with van der Waals surface area (Å²) in [6, 6.07) is 6.48. The first-order valence-electron chi connectivity index (χ1n) is 7.55. The predicted molar refractivity (Wildman–Crippen MR) is 94.1 cm³/mol. The fourth-order valence-electron chi connectivity index (χ4n) is 2.02. The molecule has 0 heterocycles. The molecule has 1 aromatic rings. The first-order valence-corrected chi connectivity index (χ1v) is 9.82. The molecule has 23 heavy (non-hydrogen) atoms. The maximum Gasteiger partial charge on any atom is 0.249 e. The quantitative estimate of drug-likeness (QED) is 0.721. The van der Waals surface area contributed by atoms with Gasteiger partial charge in [0.25, 0.3) is 0 Å². The Kier molecular flexibility index (Phi) is 7.23. The van der Waals surface area contributed by atoms with Crippen molar-refractivity contribution >= 4 is 31.7 Å². The molecule has 0 fully saturated rings. The highest BCUT2D eigenvalue weighted by molar-refractivity contribution is 9.10. The van der Waals surface area contributed by atoms with Crippen molar-refractivity contribution in [1.82, 2.24) is 5.32 Å². The van der Waals surface area contributed by atoms with Crippen molar-refractivity contribution in [2.45, 2.75) is 49.9 Å². The highest BCUT2D eigenvalue weighted by atomic mass is 79.9. The van der Waals surface area contributed by atoms with Crippen molar-refractivity contribution in [3.05, 3.63) is 28.7 Å². The van der Waals surface area contributed by atoms with Gasteiger partial charge in [-0.15, -0.1) is 0 Å². The number of halogens is 1. The number of hydrogen-bond acceptors (Lipinski definition) is 4. The van der Waals surface area contributed by atoms with E-state index in [2.05, 4.69) is 21.2 Å². The number of ether oxygens (including phenoxy) is 1. The number of amides is 1. The Morgan fingerprint density at radius 1 is 1.26 bits per heavy atom. The topological polar surface area (TPSA) is 72.5 Å². The van der Waals surface area contributed by atoms with Crippen molar-refractivity contribution in [3.8, 4) is 0 Å². The average Bonchev–Trinajstić information content (AvgIpc) is 2.50. The lowest BCUT2D eigenvalue weighted by Crippen LogP contribution is -2.47. The van der Waals surface area contributed by atoms with Crippen LogP contribution in [0.15, 0.2) is 33.6 Å². The summed E-state index contributed by atoms with van der Waals surface area (Å²) in [5.41, 5.74) is 0. The van der Waals surface area contributed by atoms with Gasteiger partial charge in [0.1, 0.15) is 6.10 Å². The molecule has 0 spiro atoms. The number of rotatable bonds is 8. The van der Waals surface area contributed by atoms with Gasteiger partial charge < -0.3 is 10.1 Å². The standard InChI is InChI=1S/C16H24BrNO4S/c1-5-14(22-6-2)15(19)18-11-16(3,4)23(20,21)13-9-7-12(17)8-10-13/h7-10,14H,5-6,11H2,1-4H3,(H,18,19). The normalized spacial score (nSPS) is 13.6. The number of benzene rings is 1. The highest BCUT2D eigenvalue weighted by Crippen LogP contribution is 2.26. The predicted octanol–water partition coefficient (Wildman–Crippen LogP) is 2.93. The molecule has 5 nitrogen and oxygen atoms in total. The Labute approximate surface area is 146 Å². The van der Waals surface area contributed by atoms with Gasteiger partial charge in [-0.05, 0) is 51.5 Å². The lowest BCUT2D eigenvalue weighted by molar-refractivity contribution is -0.132. The summed E-state index contributed by atoms with van der Waals surface area (Å²) < 4.78 is 30.5. The summed E-state index contributed by atoms with van der Waals surface area (Å²) in [7, 11) is -3.57. The molecule has 1 N–H and O–H groups in total. The number of carbonyl (C=O) groups excluding carboxylic acids is 1. The Morgan fingerprint density at radius 2 is 1.83 bits per heavy atom. The number of hydrogen-bond donors (Lipinski definition) is 1. The van der Waals surface area contributed by atoms with Gasteiger partial charge in [-0.2, -0.15) is 0 Å². The molecular weight excluding hydrogens is 382 g/mol. The van der Waals surface area contributed by atoms with Crippen molar-refractivity contribution in [1.29, 1.82) is 0 Å². The van der Waals surface area contributed by atoms with E-state index in [1.807, 2.05) is 13.8 Å². The molecule has 1 unspecified atom stereocenters. The summed E-state index contributed by atoms with van der Waals surface area (Å²) >= 11 is 3.29. The molecule has 130 valence electrons. The number of nitrogens with one attached hydrogen (secondary N) is 1. The summed E-state index contributed by atoms with van der Waals surface area (Å²) in [6.07, 6.45) is -0.00859. The molecule has 0 aliphatic carbocycles. The smallest absolute Gasteiger partial charge is 0.249 e. The van der Waals surface area contributed by atoms with E-state index in [4.69, 9.17) is 4.74 Å². The summed E-state index contributed by atoms with van der Waals surface area (Å²) in [5, 5.41) is 2.69. The van der Waals surface area contributed by atoms with Gasteiger partial charge in [-0.1, -0.05) is 22.9 Å². The molecule has 1 rings (SSSR count). The van der Waals surface area contributed by atoms with Crippen molar-refractivity contribution in [2.75, 3.05) is 13.2 Å². The molecule has 0 aliphatic heterocycles. The van der Waals surface area contributed by atoms with Crippen LogP contribution in [0.4, 0.5) is 0 Å². The summed E-state index contributed by atoms with van der Waals surface area (Å²) in [5.74, 6) is -0.284. The summed E-state index contributed by atoms with van der Waals surface area (Å²) in [4.78, 5) is 12.3. The van der Waals surface area contributed by atoms with Gasteiger partial charge >= 0.3 is 0 Å². The van der Waals surface area contributed by atoms with Gasteiger partial charge in [-0.3, -0.25) is 4.79 Å². The van der Waals surface area contributed by atoms with Crippen LogP contribution in [0, 0.1) is 0 Å². The maximum atomic E-state index is 12.7. The molecule has 0 saturated carbocycles. The van der Waals surface area contributed by atoms with Gasteiger partial charge in [0, 0.05) is 17.6 Å². The zero-order valence-electron chi connectivity index (χ0n) is 13.9.